The van der Waals surface area contributed by atoms with Crippen molar-refractivity contribution in [2.24, 2.45) is 0 Å². The van der Waals surface area contributed by atoms with Gasteiger partial charge in [-0.05, 0) is 25.5 Å². The van der Waals surface area contributed by atoms with E-state index < -0.39 is 5.79 Å². The molecule has 0 aromatic heterocycles. The number of ether oxygens (including phenoxy) is 2. The lowest BCUT2D eigenvalue weighted by molar-refractivity contribution is -0.139. The summed E-state index contributed by atoms with van der Waals surface area (Å²) in [6, 6.07) is 6.26. The van der Waals surface area contributed by atoms with Gasteiger partial charge in [0.25, 0.3) is 0 Å². The molecular formula is C14H18FNO3. The highest BCUT2D eigenvalue weighted by atomic mass is 19.1. The van der Waals surface area contributed by atoms with Crippen LogP contribution in [0.4, 0.5) is 4.39 Å². The number of amides is 1. The molecule has 1 unspecified atom stereocenters. The van der Waals surface area contributed by atoms with Crippen LogP contribution >= 0.6 is 0 Å². The Balaban J connectivity index is 1.78. The molecule has 1 heterocycles. The second kappa shape index (κ2) is 5.67. The summed E-state index contributed by atoms with van der Waals surface area (Å²) in [4.78, 5) is 11.7. The van der Waals surface area contributed by atoms with Crippen LogP contribution in [0.1, 0.15) is 19.4 Å². The molecule has 0 radical (unpaired) electrons. The summed E-state index contributed by atoms with van der Waals surface area (Å²) in [7, 11) is 0. The molecule has 4 nitrogen and oxygen atoms in total. The second-order valence-electron chi connectivity index (χ2n) is 5.02. The monoisotopic (exact) mass is 267 g/mol. The van der Waals surface area contributed by atoms with Gasteiger partial charge in [0.2, 0.25) is 5.91 Å². The number of hydrogen-bond acceptors (Lipinski definition) is 3. The van der Waals surface area contributed by atoms with Crippen molar-refractivity contribution in [3.63, 3.8) is 0 Å². The van der Waals surface area contributed by atoms with Gasteiger partial charge in [-0.1, -0.05) is 18.2 Å². The smallest absolute Gasteiger partial charge is 0.224 e. The number of benzene rings is 1. The van der Waals surface area contributed by atoms with Gasteiger partial charge in [0.05, 0.1) is 13.0 Å². The standard InChI is InChI=1S/C14H18FNO3/c1-14(2)18-9-11(19-14)8-16-13(17)7-10-5-3-4-6-12(10)15/h3-6,11H,7-9H2,1-2H3,(H,16,17). The van der Waals surface area contributed by atoms with Crippen molar-refractivity contribution in [2.45, 2.75) is 32.2 Å². The highest BCUT2D eigenvalue weighted by Crippen LogP contribution is 2.21. The van der Waals surface area contributed by atoms with Gasteiger partial charge < -0.3 is 14.8 Å². The molecule has 19 heavy (non-hydrogen) atoms. The van der Waals surface area contributed by atoms with Crippen LogP contribution in [0.3, 0.4) is 0 Å². The summed E-state index contributed by atoms with van der Waals surface area (Å²) >= 11 is 0. The fourth-order valence-corrected chi connectivity index (χ4v) is 1.97. The van der Waals surface area contributed by atoms with E-state index in [1.807, 2.05) is 13.8 Å². The summed E-state index contributed by atoms with van der Waals surface area (Å²) in [5, 5.41) is 2.73. The van der Waals surface area contributed by atoms with Crippen LogP contribution in [0.25, 0.3) is 0 Å². The first-order chi connectivity index (χ1) is 8.96. The number of nitrogens with one attached hydrogen (secondary N) is 1. The first-order valence-electron chi connectivity index (χ1n) is 6.28. The van der Waals surface area contributed by atoms with Crippen LogP contribution in [0.5, 0.6) is 0 Å². The lowest BCUT2D eigenvalue weighted by atomic mass is 10.1. The van der Waals surface area contributed by atoms with Gasteiger partial charge in [-0.25, -0.2) is 4.39 Å². The minimum atomic E-state index is -0.596. The summed E-state index contributed by atoms with van der Waals surface area (Å²) in [6.07, 6.45) is -0.122. The number of carbonyl (C=O) groups excluding carboxylic acids is 1. The van der Waals surface area contributed by atoms with Crippen molar-refractivity contribution >= 4 is 5.91 Å². The van der Waals surface area contributed by atoms with Gasteiger partial charge in [0.15, 0.2) is 5.79 Å². The number of carbonyl (C=O) groups is 1. The van der Waals surface area contributed by atoms with E-state index in [-0.39, 0.29) is 24.2 Å². The number of halogens is 1. The zero-order valence-corrected chi connectivity index (χ0v) is 11.1. The molecule has 1 saturated heterocycles. The Morgan fingerprint density at radius 3 is 2.84 bits per heavy atom. The molecular weight excluding hydrogens is 249 g/mol. The Morgan fingerprint density at radius 2 is 2.21 bits per heavy atom. The van der Waals surface area contributed by atoms with Crippen LogP contribution < -0.4 is 5.32 Å². The van der Waals surface area contributed by atoms with Gasteiger partial charge in [0.1, 0.15) is 11.9 Å². The average Bonchev–Trinajstić information content (AvgIpc) is 2.69. The van der Waals surface area contributed by atoms with Crippen molar-refractivity contribution in [1.82, 2.24) is 5.32 Å². The van der Waals surface area contributed by atoms with Crippen molar-refractivity contribution in [2.75, 3.05) is 13.2 Å². The molecule has 1 aliphatic rings. The molecule has 1 aliphatic heterocycles. The second-order valence-corrected chi connectivity index (χ2v) is 5.02. The van der Waals surface area contributed by atoms with E-state index in [1.54, 1.807) is 18.2 Å². The van der Waals surface area contributed by atoms with E-state index in [4.69, 9.17) is 9.47 Å². The van der Waals surface area contributed by atoms with E-state index in [9.17, 15) is 9.18 Å². The Kier molecular flexibility index (Phi) is 4.17. The third-order valence-corrected chi connectivity index (χ3v) is 2.90. The molecule has 104 valence electrons. The third kappa shape index (κ3) is 4.01. The highest BCUT2D eigenvalue weighted by Gasteiger charge is 2.32. The summed E-state index contributed by atoms with van der Waals surface area (Å²) in [5.41, 5.74) is 0.393. The molecule has 5 heteroatoms. The fourth-order valence-electron chi connectivity index (χ4n) is 1.97. The van der Waals surface area contributed by atoms with Crippen molar-refractivity contribution in [1.29, 1.82) is 0 Å². The van der Waals surface area contributed by atoms with E-state index in [1.165, 1.54) is 6.07 Å². The predicted molar refractivity (Wildman–Crippen MR) is 68.0 cm³/mol. The first kappa shape index (κ1) is 14.0. The Labute approximate surface area is 111 Å². The van der Waals surface area contributed by atoms with Gasteiger partial charge in [-0.2, -0.15) is 0 Å². The Bertz CT molecular complexity index is 462. The molecule has 2 rings (SSSR count). The summed E-state index contributed by atoms with van der Waals surface area (Å²) in [6.45, 7) is 4.48. The number of hydrogen-bond donors (Lipinski definition) is 1. The van der Waals surface area contributed by atoms with E-state index >= 15 is 0 Å². The fraction of sp³-hybridized carbons (Fsp3) is 0.500. The molecule has 1 atom stereocenters. The highest BCUT2D eigenvalue weighted by molar-refractivity contribution is 5.78. The van der Waals surface area contributed by atoms with E-state index in [2.05, 4.69) is 5.32 Å². The maximum atomic E-state index is 13.4. The first-order valence-corrected chi connectivity index (χ1v) is 6.28. The zero-order chi connectivity index (χ0) is 13.9. The Morgan fingerprint density at radius 1 is 1.47 bits per heavy atom. The van der Waals surface area contributed by atoms with Crippen LogP contribution in [0.15, 0.2) is 24.3 Å². The summed E-state index contributed by atoms with van der Waals surface area (Å²) < 4.78 is 24.3. The molecule has 1 aromatic rings. The minimum absolute atomic E-state index is 0.0314. The quantitative estimate of drug-likeness (QED) is 0.902. The van der Waals surface area contributed by atoms with Crippen LogP contribution in [-0.2, 0) is 20.7 Å². The largest absolute Gasteiger partial charge is 0.353 e. The van der Waals surface area contributed by atoms with Crippen LogP contribution in [0, 0.1) is 5.82 Å². The summed E-state index contributed by atoms with van der Waals surface area (Å²) in [5.74, 6) is -1.18. The van der Waals surface area contributed by atoms with E-state index in [0.717, 1.165) is 0 Å². The maximum absolute atomic E-state index is 13.4. The normalized spacial score (nSPS) is 21.3. The van der Waals surface area contributed by atoms with Crippen molar-refractivity contribution < 1.29 is 18.7 Å². The molecule has 0 bridgehead atoms. The molecule has 0 aliphatic carbocycles. The topological polar surface area (TPSA) is 47.6 Å². The average molecular weight is 267 g/mol. The lowest BCUT2D eigenvalue weighted by Gasteiger charge is -2.17. The zero-order valence-electron chi connectivity index (χ0n) is 11.1. The Hall–Kier alpha value is -1.46. The third-order valence-electron chi connectivity index (χ3n) is 2.90. The molecule has 0 saturated carbocycles. The van der Waals surface area contributed by atoms with Gasteiger partial charge in [-0.3, -0.25) is 4.79 Å². The molecule has 1 N–H and O–H groups in total. The van der Waals surface area contributed by atoms with Crippen molar-refractivity contribution in [3.05, 3.63) is 35.6 Å². The van der Waals surface area contributed by atoms with Crippen LogP contribution in [0.2, 0.25) is 0 Å². The minimum Gasteiger partial charge on any atom is -0.353 e. The lowest BCUT2D eigenvalue weighted by Crippen LogP contribution is -2.35. The van der Waals surface area contributed by atoms with Gasteiger partial charge >= 0.3 is 0 Å². The maximum Gasteiger partial charge on any atom is 0.224 e. The van der Waals surface area contributed by atoms with Crippen molar-refractivity contribution in [3.8, 4) is 0 Å². The predicted octanol–water partition coefficient (Wildman–Crippen LogP) is 1.64. The van der Waals surface area contributed by atoms with Crippen LogP contribution in [-0.4, -0.2) is 30.9 Å². The van der Waals surface area contributed by atoms with Gasteiger partial charge in [-0.15, -0.1) is 0 Å². The molecule has 0 spiro atoms. The number of rotatable bonds is 4. The van der Waals surface area contributed by atoms with E-state index in [0.29, 0.717) is 18.7 Å². The molecule has 1 fully saturated rings. The van der Waals surface area contributed by atoms with Gasteiger partial charge in [0, 0.05) is 6.54 Å². The molecule has 1 aromatic carbocycles. The SMILES string of the molecule is CC1(C)OCC(CNC(=O)Cc2ccccc2F)O1. The molecule has 1 amide bonds.